The van der Waals surface area contributed by atoms with Crippen molar-refractivity contribution in [1.29, 1.82) is 0 Å². The molecule has 2 heterocycles. The first-order valence-corrected chi connectivity index (χ1v) is 6.05. The molecule has 21 heavy (non-hydrogen) atoms. The largest absolute Gasteiger partial charge is 0.478 e. The number of nitrogens with zero attached hydrogens (tertiary/aromatic N) is 4. The number of aromatic carboxylic acids is 1. The summed E-state index contributed by atoms with van der Waals surface area (Å²) < 4.78 is 1.60. The van der Waals surface area contributed by atoms with Gasteiger partial charge in [0.05, 0.1) is 23.2 Å². The van der Waals surface area contributed by atoms with Crippen LogP contribution in [0.4, 0.5) is 0 Å². The quantitative estimate of drug-likeness (QED) is 0.814. The predicted octanol–water partition coefficient (Wildman–Crippen LogP) is 0.309. The van der Waals surface area contributed by atoms with E-state index in [1.807, 2.05) is 0 Å². The van der Waals surface area contributed by atoms with Crippen LogP contribution in [-0.2, 0) is 13.6 Å². The second kappa shape index (κ2) is 4.51. The minimum atomic E-state index is -1.15. The Labute approximate surface area is 118 Å². The van der Waals surface area contributed by atoms with Gasteiger partial charge in [-0.05, 0) is 18.2 Å². The highest BCUT2D eigenvalue weighted by atomic mass is 16.4. The van der Waals surface area contributed by atoms with Crippen molar-refractivity contribution in [2.24, 2.45) is 7.05 Å². The molecule has 0 saturated carbocycles. The Morgan fingerprint density at radius 3 is 2.57 bits per heavy atom. The van der Waals surface area contributed by atoms with Gasteiger partial charge in [0.1, 0.15) is 6.33 Å². The number of hydrogen-bond donors (Lipinski definition) is 1. The monoisotopic (exact) mass is 286 g/mol. The standard InChI is InChI=1S/C13H10N4O4/c1-16-6-14-15-10(16)5-17-11(18)8-3-2-7(13(20)21)4-9(8)12(17)19/h2-4,6H,5H2,1H3,(H,20,21). The summed E-state index contributed by atoms with van der Waals surface area (Å²) in [4.78, 5) is 36.5. The minimum Gasteiger partial charge on any atom is -0.478 e. The fraction of sp³-hybridized carbons (Fsp3) is 0.154. The van der Waals surface area contributed by atoms with Gasteiger partial charge in [-0.3, -0.25) is 14.5 Å². The number of carboxylic acids is 1. The maximum absolute atomic E-state index is 12.3. The summed E-state index contributed by atoms with van der Waals surface area (Å²) in [6.07, 6.45) is 1.47. The number of amides is 2. The number of benzene rings is 1. The average Bonchev–Trinajstić information content (AvgIpc) is 2.96. The molecule has 0 aliphatic carbocycles. The van der Waals surface area contributed by atoms with Gasteiger partial charge in [0.2, 0.25) is 0 Å². The van der Waals surface area contributed by atoms with Gasteiger partial charge in [0.15, 0.2) is 5.82 Å². The van der Waals surface area contributed by atoms with Crippen LogP contribution in [0.15, 0.2) is 24.5 Å². The SMILES string of the molecule is Cn1cnnc1CN1C(=O)c2ccc(C(=O)O)cc2C1=O. The predicted molar refractivity (Wildman–Crippen MR) is 68.6 cm³/mol. The zero-order valence-electron chi connectivity index (χ0n) is 11.0. The van der Waals surface area contributed by atoms with Crippen molar-refractivity contribution in [2.75, 3.05) is 0 Å². The summed E-state index contributed by atoms with van der Waals surface area (Å²) in [6, 6.07) is 3.88. The fourth-order valence-electron chi connectivity index (χ4n) is 2.16. The molecule has 1 aromatic carbocycles. The Balaban J connectivity index is 1.97. The Kier molecular flexibility index (Phi) is 2.79. The van der Waals surface area contributed by atoms with Gasteiger partial charge in [0, 0.05) is 7.05 Å². The summed E-state index contributed by atoms with van der Waals surface area (Å²) in [5.41, 5.74) is 0.268. The van der Waals surface area contributed by atoms with E-state index in [9.17, 15) is 14.4 Å². The first-order valence-electron chi connectivity index (χ1n) is 6.05. The van der Waals surface area contributed by atoms with Crippen LogP contribution in [0.1, 0.15) is 36.9 Å². The molecular formula is C13H10N4O4. The molecule has 0 fully saturated rings. The van der Waals surface area contributed by atoms with Crippen LogP contribution in [-0.4, -0.2) is 42.6 Å². The average molecular weight is 286 g/mol. The third kappa shape index (κ3) is 1.97. The van der Waals surface area contributed by atoms with Crippen LogP contribution in [0.3, 0.4) is 0 Å². The van der Waals surface area contributed by atoms with Gasteiger partial charge < -0.3 is 9.67 Å². The summed E-state index contributed by atoms with van der Waals surface area (Å²) in [6.45, 7) is -0.00868. The Hall–Kier alpha value is -3.03. The molecule has 0 unspecified atom stereocenters. The highest BCUT2D eigenvalue weighted by Gasteiger charge is 2.36. The third-order valence-electron chi connectivity index (χ3n) is 3.32. The van der Waals surface area contributed by atoms with Crippen LogP contribution in [0.5, 0.6) is 0 Å². The number of imide groups is 1. The smallest absolute Gasteiger partial charge is 0.335 e. The lowest BCUT2D eigenvalue weighted by molar-refractivity contribution is 0.0635. The van der Waals surface area contributed by atoms with Crippen molar-refractivity contribution in [1.82, 2.24) is 19.7 Å². The minimum absolute atomic E-state index is 0.00868. The topological polar surface area (TPSA) is 105 Å². The van der Waals surface area contributed by atoms with Crippen LogP contribution >= 0.6 is 0 Å². The molecule has 0 atom stereocenters. The van der Waals surface area contributed by atoms with E-state index in [2.05, 4.69) is 10.2 Å². The fourth-order valence-corrected chi connectivity index (χ4v) is 2.16. The van der Waals surface area contributed by atoms with Gasteiger partial charge in [-0.2, -0.15) is 0 Å². The Bertz CT molecular complexity index is 780. The van der Waals surface area contributed by atoms with Crippen LogP contribution in [0.25, 0.3) is 0 Å². The molecule has 3 rings (SSSR count). The first-order chi connectivity index (χ1) is 9.99. The van der Waals surface area contributed by atoms with Crippen molar-refractivity contribution >= 4 is 17.8 Å². The summed E-state index contributed by atoms with van der Waals surface area (Å²) in [7, 11) is 1.70. The van der Waals surface area contributed by atoms with Gasteiger partial charge >= 0.3 is 5.97 Å². The molecule has 8 nitrogen and oxygen atoms in total. The number of rotatable bonds is 3. The molecule has 0 spiro atoms. The molecule has 1 N–H and O–H groups in total. The van der Waals surface area contributed by atoms with Crippen LogP contribution < -0.4 is 0 Å². The molecule has 0 saturated heterocycles. The molecule has 2 amide bonds. The number of carboxylic acid groups (broad SMARTS) is 1. The van der Waals surface area contributed by atoms with Crippen molar-refractivity contribution in [3.63, 3.8) is 0 Å². The van der Waals surface area contributed by atoms with Crippen molar-refractivity contribution in [3.8, 4) is 0 Å². The van der Waals surface area contributed by atoms with Crippen LogP contribution in [0, 0.1) is 0 Å². The normalized spacial score (nSPS) is 13.7. The molecule has 2 aromatic rings. The van der Waals surface area contributed by atoms with E-state index in [0.29, 0.717) is 5.82 Å². The lowest BCUT2D eigenvalue weighted by atomic mass is 10.1. The molecule has 8 heteroatoms. The molecule has 0 radical (unpaired) electrons. The van der Waals surface area contributed by atoms with E-state index in [4.69, 9.17) is 5.11 Å². The van der Waals surface area contributed by atoms with Crippen molar-refractivity contribution in [3.05, 3.63) is 47.0 Å². The highest BCUT2D eigenvalue weighted by Crippen LogP contribution is 2.25. The zero-order valence-corrected chi connectivity index (χ0v) is 11.0. The summed E-state index contributed by atoms with van der Waals surface area (Å²) in [5.74, 6) is -1.68. The summed E-state index contributed by atoms with van der Waals surface area (Å²) in [5, 5.41) is 16.5. The van der Waals surface area contributed by atoms with E-state index < -0.39 is 17.8 Å². The van der Waals surface area contributed by atoms with E-state index in [0.717, 1.165) is 4.90 Å². The van der Waals surface area contributed by atoms with Gasteiger partial charge in [-0.1, -0.05) is 0 Å². The summed E-state index contributed by atoms with van der Waals surface area (Å²) >= 11 is 0. The van der Waals surface area contributed by atoms with E-state index >= 15 is 0 Å². The van der Waals surface area contributed by atoms with Crippen LogP contribution in [0.2, 0.25) is 0 Å². The van der Waals surface area contributed by atoms with E-state index in [-0.39, 0.29) is 23.2 Å². The lowest BCUT2D eigenvalue weighted by Gasteiger charge is -2.12. The number of aryl methyl sites for hydroxylation is 1. The number of aromatic nitrogens is 3. The van der Waals surface area contributed by atoms with Crippen molar-refractivity contribution < 1.29 is 19.5 Å². The molecule has 0 bridgehead atoms. The highest BCUT2D eigenvalue weighted by molar-refractivity contribution is 6.21. The Morgan fingerprint density at radius 1 is 1.24 bits per heavy atom. The second-order valence-electron chi connectivity index (χ2n) is 4.62. The zero-order chi connectivity index (χ0) is 15.1. The maximum Gasteiger partial charge on any atom is 0.335 e. The molecule has 106 valence electrons. The number of carbonyl (C=O) groups is 3. The molecule has 1 aliphatic heterocycles. The third-order valence-corrected chi connectivity index (χ3v) is 3.32. The molecule has 1 aliphatic rings. The Morgan fingerprint density at radius 2 is 1.95 bits per heavy atom. The first kappa shape index (κ1) is 13.0. The van der Waals surface area contributed by atoms with Gasteiger partial charge in [0.25, 0.3) is 11.8 Å². The molecule has 1 aromatic heterocycles. The molecular weight excluding hydrogens is 276 g/mol. The van der Waals surface area contributed by atoms with Gasteiger partial charge in [-0.15, -0.1) is 10.2 Å². The number of fused-ring (bicyclic) bond motifs is 1. The van der Waals surface area contributed by atoms with Crippen molar-refractivity contribution in [2.45, 2.75) is 6.54 Å². The second-order valence-corrected chi connectivity index (χ2v) is 4.62. The van der Waals surface area contributed by atoms with Gasteiger partial charge in [-0.25, -0.2) is 4.79 Å². The lowest BCUT2D eigenvalue weighted by Crippen LogP contribution is -2.30. The van der Waals surface area contributed by atoms with E-state index in [1.165, 1.54) is 24.5 Å². The number of hydrogen-bond acceptors (Lipinski definition) is 5. The van der Waals surface area contributed by atoms with E-state index in [1.54, 1.807) is 11.6 Å². The number of carbonyl (C=O) groups excluding carboxylic acids is 2. The maximum atomic E-state index is 12.3.